The first-order valence-electron chi connectivity index (χ1n) is 6.00. The van der Waals surface area contributed by atoms with E-state index in [4.69, 9.17) is 10.5 Å². The zero-order valence-corrected chi connectivity index (χ0v) is 10.7. The summed E-state index contributed by atoms with van der Waals surface area (Å²) in [5.41, 5.74) is 7.12. The van der Waals surface area contributed by atoms with E-state index in [1.807, 2.05) is 18.3 Å². The molecule has 1 atom stereocenters. The molecule has 0 aliphatic carbocycles. The highest BCUT2D eigenvalue weighted by Crippen LogP contribution is 2.22. The van der Waals surface area contributed by atoms with Crippen LogP contribution >= 0.6 is 0 Å². The van der Waals surface area contributed by atoms with E-state index in [2.05, 4.69) is 21.5 Å². The van der Waals surface area contributed by atoms with Crippen molar-refractivity contribution >= 4 is 0 Å². The van der Waals surface area contributed by atoms with Gasteiger partial charge in [-0.1, -0.05) is 6.07 Å². The monoisotopic (exact) mass is 246 g/mol. The maximum Gasteiger partial charge on any atom is 0.217 e. The van der Waals surface area contributed by atoms with Gasteiger partial charge in [0.15, 0.2) is 0 Å². The lowest BCUT2D eigenvalue weighted by atomic mass is 10.1. The number of aromatic nitrogens is 3. The van der Waals surface area contributed by atoms with Crippen LogP contribution in [0, 0.1) is 0 Å². The number of aryl methyl sites for hydroxylation is 1. The molecule has 0 aromatic carbocycles. The molecule has 2 N–H and O–H groups in total. The minimum Gasteiger partial charge on any atom is -0.481 e. The molecule has 0 bridgehead atoms. The van der Waals surface area contributed by atoms with Crippen LogP contribution in [0.15, 0.2) is 30.7 Å². The second-order valence-corrected chi connectivity index (χ2v) is 4.04. The fourth-order valence-corrected chi connectivity index (χ4v) is 1.98. The molecule has 2 aromatic heterocycles. The highest BCUT2D eigenvalue weighted by molar-refractivity contribution is 5.29. The van der Waals surface area contributed by atoms with E-state index in [1.165, 1.54) is 0 Å². The number of rotatable bonds is 5. The van der Waals surface area contributed by atoms with Crippen LogP contribution in [0.4, 0.5) is 0 Å². The van der Waals surface area contributed by atoms with Crippen molar-refractivity contribution in [1.29, 1.82) is 0 Å². The molecule has 5 nitrogen and oxygen atoms in total. The summed E-state index contributed by atoms with van der Waals surface area (Å²) in [6.45, 7) is 2.98. The molecule has 96 valence electrons. The molecule has 2 aromatic rings. The summed E-state index contributed by atoms with van der Waals surface area (Å²) in [5, 5.41) is 0. The van der Waals surface area contributed by atoms with Crippen LogP contribution in [0.3, 0.4) is 0 Å². The number of methoxy groups -OCH3 is 1. The summed E-state index contributed by atoms with van der Waals surface area (Å²) < 4.78 is 7.31. The number of nitrogens with two attached hydrogens (primary N) is 1. The second-order valence-electron chi connectivity index (χ2n) is 4.04. The molecule has 5 heteroatoms. The minimum absolute atomic E-state index is 0.165. The Morgan fingerprint density at radius 2 is 2.22 bits per heavy atom. The molecule has 0 saturated heterocycles. The lowest BCUT2D eigenvalue weighted by Gasteiger charge is -2.14. The zero-order chi connectivity index (χ0) is 13.0. The van der Waals surface area contributed by atoms with Crippen molar-refractivity contribution in [3.8, 4) is 5.88 Å². The Morgan fingerprint density at radius 1 is 1.39 bits per heavy atom. The third-order valence-electron chi connectivity index (χ3n) is 2.94. The summed E-state index contributed by atoms with van der Waals surface area (Å²) in [7, 11) is 1.60. The van der Waals surface area contributed by atoms with Crippen LogP contribution < -0.4 is 10.5 Å². The Kier molecular flexibility index (Phi) is 3.94. The van der Waals surface area contributed by atoms with Gasteiger partial charge < -0.3 is 15.0 Å². The van der Waals surface area contributed by atoms with Crippen molar-refractivity contribution in [2.45, 2.75) is 25.9 Å². The summed E-state index contributed by atoms with van der Waals surface area (Å²) in [6.07, 6.45) is 6.12. The molecule has 2 rings (SSSR count). The molecule has 0 aliphatic rings. The summed E-state index contributed by atoms with van der Waals surface area (Å²) in [4.78, 5) is 8.49. The summed E-state index contributed by atoms with van der Waals surface area (Å²) in [6, 6.07) is 3.64. The van der Waals surface area contributed by atoms with Crippen LogP contribution in [-0.4, -0.2) is 21.6 Å². The molecule has 0 radical (unpaired) electrons. The fourth-order valence-electron chi connectivity index (χ4n) is 1.98. The van der Waals surface area contributed by atoms with Crippen LogP contribution in [0.1, 0.15) is 24.4 Å². The van der Waals surface area contributed by atoms with E-state index < -0.39 is 0 Å². The number of imidazole rings is 1. The van der Waals surface area contributed by atoms with Gasteiger partial charge in [-0.2, -0.15) is 0 Å². The molecule has 1 unspecified atom stereocenters. The third kappa shape index (κ3) is 2.51. The number of nitrogens with zero attached hydrogens (tertiary/aromatic N) is 3. The molecule has 0 spiro atoms. The molecule has 0 fully saturated rings. The first-order valence-corrected chi connectivity index (χ1v) is 6.00. The van der Waals surface area contributed by atoms with Gasteiger partial charge in [-0.15, -0.1) is 0 Å². The third-order valence-corrected chi connectivity index (χ3v) is 2.94. The van der Waals surface area contributed by atoms with E-state index in [9.17, 15) is 0 Å². The average molecular weight is 246 g/mol. The quantitative estimate of drug-likeness (QED) is 0.869. The van der Waals surface area contributed by atoms with Crippen molar-refractivity contribution in [3.63, 3.8) is 0 Å². The van der Waals surface area contributed by atoms with Crippen molar-refractivity contribution in [1.82, 2.24) is 14.5 Å². The number of hydrogen-bond donors (Lipinski definition) is 1. The Bertz CT molecular complexity index is 509. The molecular weight excluding hydrogens is 228 g/mol. The zero-order valence-electron chi connectivity index (χ0n) is 10.7. The van der Waals surface area contributed by atoms with Gasteiger partial charge in [0.25, 0.3) is 0 Å². The van der Waals surface area contributed by atoms with Crippen LogP contribution in [-0.2, 0) is 13.0 Å². The van der Waals surface area contributed by atoms with Gasteiger partial charge in [0, 0.05) is 43.2 Å². The SMILES string of the molecule is CCn1ccnc1CC(N)c1cccnc1OC. The molecule has 0 aliphatic heterocycles. The van der Waals surface area contributed by atoms with Crippen molar-refractivity contribution in [3.05, 3.63) is 42.1 Å². The first-order chi connectivity index (χ1) is 8.76. The van der Waals surface area contributed by atoms with E-state index in [1.54, 1.807) is 19.5 Å². The van der Waals surface area contributed by atoms with E-state index in [-0.39, 0.29) is 6.04 Å². The van der Waals surface area contributed by atoms with Crippen LogP contribution in [0.2, 0.25) is 0 Å². The fraction of sp³-hybridized carbons (Fsp3) is 0.385. The normalized spacial score (nSPS) is 12.4. The number of pyridine rings is 1. The van der Waals surface area contributed by atoms with Gasteiger partial charge in [-0.3, -0.25) is 0 Å². The first kappa shape index (κ1) is 12.6. The smallest absolute Gasteiger partial charge is 0.217 e. The predicted octanol–water partition coefficient (Wildman–Crippen LogP) is 1.55. The minimum atomic E-state index is -0.165. The molecular formula is C13H18N4O. The van der Waals surface area contributed by atoms with Gasteiger partial charge in [0.1, 0.15) is 5.82 Å². The highest BCUT2D eigenvalue weighted by atomic mass is 16.5. The summed E-state index contributed by atoms with van der Waals surface area (Å²) >= 11 is 0. The maximum absolute atomic E-state index is 6.21. The van der Waals surface area contributed by atoms with E-state index >= 15 is 0 Å². The number of ether oxygens (including phenoxy) is 1. The maximum atomic E-state index is 6.21. The Morgan fingerprint density at radius 3 is 2.94 bits per heavy atom. The van der Waals surface area contributed by atoms with Crippen LogP contribution in [0.25, 0.3) is 0 Å². The molecule has 18 heavy (non-hydrogen) atoms. The Labute approximate surface area is 107 Å². The lowest BCUT2D eigenvalue weighted by Crippen LogP contribution is -2.17. The standard InChI is InChI=1S/C13H18N4O/c1-3-17-8-7-15-12(17)9-11(14)10-5-4-6-16-13(10)18-2/h4-8,11H,3,9,14H2,1-2H3. The number of hydrogen-bond acceptors (Lipinski definition) is 4. The van der Waals surface area contributed by atoms with E-state index in [0.29, 0.717) is 12.3 Å². The molecule has 0 amide bonds. The van der Waals surface area contributed by atoms with Crippen molar-refractivity contribution < 1.29 is 4.74 Å². The Hall–Kier alpha value is -1.88. The Balaban J connectivity index is 2.19. The van der Waals surface area contributed by atoms with Gasteiger partial charge >= 0.3 is 0 Å². The van der Waals surface area contributed by atoms with Gasteiger partial charge in [0.05, 0.1) is 7.11 Å². The van der Waals surface area contributed by atoms with E-state index in [0.717, 1.165) is 17.9 Å². The van der Waals surface area contributed by atoms with Crippen LogP contribution in [0.5, 0.6) is 5.88 Å². The van der Waals surface area contributed by atoms with Crippen molar-refractivity contribution in [2.75, 3.05) is 7.11 Å². The topological polar surface area (TPSA) is 66.0 Å². The van der Waals surface area contributed by atoms with Gasteiger partial charge in [0.2, 0.25) is 5.88 Å². The van der Waals surface area contributed by atoms with Crippen molar-refractivity contribution in [2.24, 2.45) is 5.73 Å². The van der Waals surface area contributed by atoms with Gasteiger partial charge in [-0.05, 0) is 13.0 Å². The highest BCUT2D eigenvalue weighted by Gasteiger charge is 2.15. The van der Waals surface area contributed by atoms with Gasteiger partial charge in [-0.25, -0.2) is 9.97 Å². The average Bonchev–Trinajstić information content (AvgIpc) is 2.85. The second kappa shape index (κ2) is 5.64. The lowest BCUT2D eigenvalue weighted by molar-refractivity contribution is 0.387. The molecule has 2 heterocycles. The molecule has 0 saturated carbocycles. The largest absolute Gasteiger partial charge is 0.481 e. The summed E-state index contributed by atoms with van der Waals surface area (Å²) in [5.74, 6) is 1.57. The predicted molar refractivity (Wildman–Crippen MR) is 69.3 cm³/mol.